The van der Waals surface area contributed by atoms with Crippen LogP contribution in [0.5, 0.6) is 0 Å². The first-order chi connectivity index (χ1) is 20.3. The van der Waals surface area contributed by atoms with Gasteiger partial charge in [0.1, 0.15) is 6.10 Å². The normalized spacial score (nSPS) is 14.9. The highest BCUT2D eigenvalue weighted by Gasteiger charge is 2.25. The van der Waals surface area contributed by atoms with Crippen LogP contribution in [0.25, 0.3) is 66.1 Å². The van der Waals surface area contributed by atoms with Gasteiger partial charge in [0.2, 0.25) is 0 Å². The molecule has 6 aromatic carbocycles. The molecule has 2 aromatic heterocycles. The zero-order valence-electron chi connectivity index (χ0n) is 22.4. The minimum Gasteiger partial charge on any atom is -0.368 e. The topological polar surface area (TPSA) is 22.4 Å². The standard InChI is InChI=1S/C38H26N2O/c1-4-16-34-30(13-1)31-14-2-5-17-35(31)39(34)28-11-7-9-25(21-28)26-10-8-12-29(22-26)40-36-18-6-3-15-32(36)33-23-27(38-24-41-38)19-20-37(33)40/h1-23,38H,24H2. The Hall–Kier alpha value is -5.12. The van der Waals surface area contributed by atoms with Gasteiger partial charge in [-0.25, -0.2) is 0 Å². The summed E-state index contributed by atoms with van der Waals surface area (Å²) in [5.74, 6) is 0. The Morgan fingerprint density at radius 3 is 1.41 bits per heavy atom. The second kappa shape index (κ2) is 8.69. The van der Waals surface area contributed by atoms with Crippen LogP contribution < -0.4 is 0 Å². The Bertz CT molecular complexity index is 2230. The third-order valence-electron chi connectivity index (χ3n) is 8.52. The predicted molar refractivity (Wildman–Crippen MR) is 169 cm³/mol. The average Bonchev–Trinajstić information content (AvgIpc) is 3.76. The van der Waals surface area contributed by atoms with Gasteiger partial charge in [-0.1, -0.05) is 84.9 Å². The molecule has 0 spiro atoms. The molecule has 1 aliphatic rings. The number of nitrogens with zero attached hydrogens (tertiary/aromatic N) is 2. The quantitative estimate of drug-likeness (QED) is 0.209. The van der Waals surface area contributed by atoms with Crippen molar-refractivity contribution >= 4 is 43.6 Å². The van der Waals surface area contributed by atoms with Crippen molar-refractivity contribution in [1.82, 2.24) is 9.13 Å². The summed E-state index contributed by atoms with van der Waals surface area (Å²) in [5.41, 5.74) is 10.8. The van der Waals surface area contributed by atoms with Crippen LogP contribution in [0.15, 0.2) is 140 Å². The van der Waals surface area contributed by atoms with Gasteiger partial charge in [-0.15, -0.1) is 0 Å². The van der Waals surface area contributed by atoms with Crippen molar-refractivity contribution in [2.75, 3.05) is 6.61 Å². The maximum Gasteiger partial charge on any atom is 0.106 e. The van der Waals surface area contributed by atoms with Gasteiger partial charge in [0, 0.05) is 32.9 Å². The molecular weight excluding hydrogens is 500 g/mol. The summed E-state index contributed by atoms with van der Waals surface area (Å²) in [4.78, 5) is 0. The number of epoxide rings is 1. The number of rotatable bonds is 4. The van der Waals surface area contributed by atoms with E-state index in [2.05, 4.69) is 149 Å². The average molecular weight is 527 g/mol. The Morgan fingerprint density at radius 1 is 0.439 bits per heavy atom. The SMILES string of the molecule is c1cc(-c2cccc(-n3c4ccccc4c4cc(C5CO5)ccc43)c2)cc(-n2c3ccccc3c3ccccc32)c1. The van der Waals surface area contributed by atoms with Crippen LogP contribution in [-0.4, -0.2) is 15.7 Å². The molecule has 1 fully saturated rings. The van der Waals surface area contributed by atoms with Crippen molar-refractivity contribution < 1.29 is 4.74 Å². The minimum atomic E-state index is 0.242. The van der Waals surface area contributed by atoms with Crippen molar-refractivity contribution in [2.24, 2.45) is 0 Å². The number of hydrogen-bond acceptors (Lipinski definition) is 1. The van der Waals surface area contributed by atoms with E-state index in [1.54, 1.807) is 0 Å². The zero-order chi connectivity index (χ0) is 26.9. The molecule has 3 nitrogen and oxygen atoms in total. The number of benzene rings is 6. The highest BCUT2D eigenvalue weighted by molar-refractivity contribution is 6.10. The summed E-state index contributed by atoms with van der Waals surface area (Å²) in [6.45, 7) is 0.819. The molecule has 1 aliphatic heterocycles. The summed E-state index contributed by atoms with van der Waals surface area (Å²) in [7, 11) is 0. The number of ether oxygens (including phenoxy) is 1. The summed E-state index contributed by atoms with van der Waals surface area (Å²) >= 11 is 0. The van der Waals surface area contributed by atoms with Gasteiger partial charge in [0.15, 0.2) is 0 Å². The van der Waals surface area contributed by atoms with E-state index < -0.39 is 0 Å². The first-order valence-electron chi connectivity index (χ1n) is 14.2. The van der Waals surface area contributed by atoms with Crippen LogP contribution in [0.3, 0.4) is 0 Å². The fraction of sp³-hybridized carbons (Fsp3) is 0.0526. The lowest BCUT2D eigenvalue weighted by Gasteiger charge is -2.13. The molecule has 0 N–H and O–H groups in total. The Labute approximate surface area is 237 Å². The van der Waals surface area contributed by atoms with E-state index in [0.717, 1.165) is 18.0 Å². The van der Waals surface area contributed by atoms with E-state index in [9.17, 15) is 0 Å². The highest BCUT2D eigenvalue weighted by Crippen LogP contribution is 2.38. The monoisotopic (exact) mass is 526 g/mol. The van der Waals surface area contributed by atoms with Crippen molar-refractivity contribution in [2.45, 2.75) is 6.10 Å². The smallest absolute Gasteiger partial charge is 0.106 e. The minimum absolute atomic E-state index is 0.242. The molecule has 3 heterocycles. The molecule has 8 aromatic rings. The van der Waals surface area contributed by atoms with E-state index in [0.29, 0.717) is 0 Å². The fourth-order valence-electron chi connectivity index (χ4n) is 6.56. The maximum absolute atomic E-state index is 5.59. The van der Waals surface area contributed by atoms with Crippen molar-refractivity contribution in [3.05, 3.63) is 145 Å². The fourth-order valence-corrected chi connectivity index (χ4v) is 6.56. The van der Waals surface area contributed by atoms with E-state index in [-0.39, 0.29) is 6.10 Å². The van der Waals surface area contributed by atoms with Crippen LogP contribution in [0.1, 0.15) is 11.7 Å². The third-order valence-corrected chi connectivity index (χ3v) is 8.52. The Morgan fingerprint density at radius 2 is 0.902 bits per heavy atom. The predicted octanol–water partition coefficient (Wildman–Crippen LogP) is 9.62. The lowest BCUT2D eigenvalue weighted by atomic mass is 10.0. The molecule has 194 valence electrons. The van der Waals surface area contributed by atoms with Crippen molar-refractivity contribution in [3.63, 3.8) is 0 Å². The molecule has 0 radical (unpaired) electrons. The summed E-state index contributed by atoms with van der Waals surface area (Å²) in [6, 6.07) is 50.6. The summed E-state index contributed by atoms with van der Waals surface area (Å²) < 4.78 is 10.4. The van der Waals surface area contributed by atoms with E-state index in [4.69, 9.17) is 4.74 Å². The zero-order valence-corrected chi connectivity index (χ0v) is 22.4. The molecule has 0 saturated carbocycles. The second-order valence-electron chi connectivity index (χ2n) is 10.9. The number of hydrogen-bond donors (Lipinski definition) is 0. The third kappa shape index (κ3) is 3.49. The molecule has 9 rings (SSSR count). The molecule has 0 bridgehead atoms. The van der Waals surface area contributed by atoms with Crippen LogP contribution >= 0.6 is 0 Å². The van der Waals surface area contributed by atoms with Crippen LogP contribution in [0.2, 0.25) is 0 Å². The van der Waals surface area contributed by atoms with Gasteiger partial charge in [0.05, 0.1) is 28.7 Å². The van der Waals surface area contributed by atoms with Gasteiger partial charge in [-0.2, -0.15) is 0 Å². The number of para-hydroxylation sites is 3. The van der Waals surface area contributed by atoms with E-state index >= 15 is 0 Å². The first kappa shape index (κ1) is 22.7. The van der Waals surface area contributed by atoms with Gasteiger partial charge in [-0.05, 0) is 71.3 Å². The molecule has 1 unspecified atom stereocenters. The van der Waals surface area contributed by atoms with E-state index in [1.165, 1.54) is 60.3 Å². The molecule has 41 heavy (non-hydrogen) atoms. The van der Waals surface area contributed by atoms with Crippen molar-refractivity contribution in [1.29, 1.82) is 0 Å². The largest absolute Gasteiger partial charge is 0.368 e. The summed E-state index contributed by atoms with van der Waals surface area (Å²) in [5, 5.41) is 5.09. The maximum atomic E-state index is 5.59. The molecule has 1 saturated heterocycles. The molecule has 0 amide bonds. The summed E-state index contributed by atoms with van der Waals surface area (Å²) in [6.07, 6.45) is 0.242. The Kier molecular flexibility index (Phi) is 4.80. The second-order valence-corrected chi connectivity index (χ2v) is 10.9. The van der Waals surface area contributed by atoms with Crippen LogP contribution in [0, 0.1) is 0 Å². The lowest BCUT2D eigenvalue weighted by molar-refractivity contribution is 0.416. The van der Waals surface area contributed by atoms with Crippen molar-refractivity contribution in [3.8, 4) is 22.5 Å². The molecule has 3 heteroatoms. The molecule has 1 atom stereocenters. The lowest BCUT2D eigenvalue weighted by Crippen LogP contribution is -1.96. The van der Waals surface area contributed by atoms with Gasteiger partial charge in [-0.3, -0.25) is 0 Å². The molecular formula is C38H26N2O. The number of fused-ring (bicyclic) bond motifs is 6. The molecule has 0 aliphatic carbocycles. The van der Waals surface area contributed by atoms with Gasteiger partial charge in [0.25, 0.3) is 0 Å². The Balaban J connectivity index is 1.21. The van der Waals surface area contributed by atoms with Gasteiger partial charge < -0.3 is 13.9 Å². The van der Waals surface area contributed by atoms with Crippen LogP contribution in [-0.2, 0) is 4.74 Å². The van der Waals surface area contributed by atoms with E-state index in [1.807, 2.05) is 0 Å². The van der Waals surface area contributed by atoms with Crippen LogP contribution in [0.4, 0.5) is 0 Å². The highest BCUT2D eigenvalue weighted by atomic mass is 16.6. The first-order valence-corrected chi connectivity index (χ1v) is 14.2. The number of aromatic nitrogens is 2. The van der Waals surface area contributed by atoms with Gasteiger partial charge >= 0.3 is 0 Å².